The zero-order chi connectivity index (χ0) is 86.5. The Labute approximate surface area is 715 Å². The number of aliphatic imine (C=N–C) groups is 1. The third-order valence-corrected chi connectivity index (χ3v) is 22.2. The number of amides is 7. The summed E-state index contributed by atoms with van der Waals surface area (Å²) < 4.78 is 33.5. The van der Waals surface area contributed by atoms with Crippen molar-refractivity contribution in [3.63, 3.8) is 0 Å². The Balaban J connectivity index is 1.35. The number of ether oxygens (including phenoxy) is 6. The molecule has 30 nitrogen and oxygen atoms in total. The van der Waals surface area contributed by atoms with E-state index in [1.165, 1.54) is 42.6 Å². The fourth-order valence-corrected chi connectivity index (χ4v) is 15.6. The Morgan fingerprint density at radius 1 is 0.580 bits per heavy atom. The fraction of sp³-hybridized carbons (Fsp3) is 0.605. The van der Waals surface area contributed by atoms with Gasteiger partial charge in [-0.2, -0.15) is 36.2 Å². The molecule has 1 heterocycles. The molecule has 5 rings (SSSR count). The molecule has 119 heavy (non-hydrogen) atoms. The lowest BCUT2D eigenvalue weighted by atomic mass is 9.88. The number of primary amides is 1. The quantitative estimate of drug-likeness (QED) is 0.0115. The number of nitrogens with two attached hydrogens (primary N) is 3. The second kappa shape index (κ2) is 59.6. The van der Waals surface area contributed by atoms with Crippen LogP contribution in [-0.4, -0.2) is 241 Å². The molecule has 4 aromatic carbocycles. The number of phenols is 1. The molecule has 8 atom stereocenters. The second-order valence-electron chi connectivity index (χ2n) is 30.3. The first kappa shape index (κ1) is 101. The van der Waals surface area contributed by atoms with Gasteiger partial charge in [0.1, 0.15) is 17.6 Å². The fourth-order valence-electron chi connectivity index (χ4n) is 13.1. The molecule has 1 aliphatic rings. The van der Waals surface area contributed by atoms with Gasteiger partial charge in [-0.1, -0.05) is 119 Å². The van der Waals surface area contributed by atoms with E-state index in [0.29, 0.717) is 108 Å². The summed E-state index contributed by atoms with van der Waals surface area (Å²) in [6.07, 6.45) is 2.23. The van der Waals surface area contributed by atoms with E-state index in [1.54, 1.807) is 12.1 Å². The van der Waals surface area contributed by atoms with Crippen molar-refractivity contribution in [3.8, 4) is 5.75 Å². The summed E-state index contributed by atoms with van der Waals surface area (Å²) in [5.41, 5.74) is 19.8. The average Bonchev–Trinajstić information content (AvgIpc) is 0.994. The standard InChI is InChI=1S/C86H130N12O18S3/c1-58(2)90-29-12-10-17-65(82(107)92-32-34-112-36-38-114-40-42-116-44-43-115-41-39-113-37-35-111-33-28-79(104)95-74(53-117)81(87)106)49-78(103)75-57-119-55-68-20-9-8-19-67(68)54-118-56-70(45-60(5)99)85(110)98-73(48-61-23-26-71(100)27-24-61)77(102)50-66(18-11-13-30-91-59(3)4)84(109)97-72(21-14-31-93-86(88)89)76(101)51-69(83(108)94-52-80(105)96-75)47-62-22-25-63-15-6-7-16-64(63)46-62/h6-9,15-16,19-20,22-27,46,58-59,65-66,69-70,72-75,90-91,100,117H,10-14,17-18,21,28-45,47-57H2,1-5H3,(H2,87,106)(H,92,107)(H,94,108)(H,95,104)(H,96,105)(H,97,109)(H,98,110)(H4,88,89,93)/t65?,66?,69?,70?,72?,73?,74-,75?/m0/s1. The highest BCUT2D eigenvalue weighted by Gasteiger charge is 2.35. The third-order valence-electron chi connectivity index (χ3n) is 19.6. The van der Waals surface area contributed by atoms with Crippen molar-refractivity contribution in [1.29, 1.82) is 0 Å². The summed E-state index contributed by atoms with van der Waals surface area (Å²) in [5, 5.41) is 36.0. The Hall–Kier alpha value is -8.09. The molecular formula is C86H130N12O18S3. The van der Waals surface area contributed by atoms with Gasteiger partial charge in [0.05, 0.1) is 110 Å². The Kier molecular flexibility index (Phi) is 50.8. The first-order valence-electron chi connectivity index (χ1n) is 41.5. The largest absolute Gasteiger partial charge is 0.508 e. The predicted molar refractivity (Wildman–Crippen MR) is 467 cm³/mol. The number of phenolic OH excluding ortho intramolecular Hbond substituents is 1. The van der Waals surface area contributed by atoms with E-state index in [1.807, 2.05) is 94.4 Å². The number of carbonyl (C=O) groups is 11. The molecule has 15 N–H and O–H groups in total. The molecule has 0 spiro atoms. The SMILES string of the molecule is CC(=O)CC1CSCc2ccccc2CSCC(C(=O)CC(CCCCNC(C)C)C(=O)NCCOCCOCCOCCOCCOCCOCCC(=O)N[C@@H](CS)C(N)=O)NC(=O)CNC(=O)C(Cc2ccc3ccccc3c2)CC(=O)C(CCCN=C(N)N)NC(=O)C(CCCCNC(C)C)CC(=O)C(Cc2ccc(O)cc2)NC1=O. The molecule has 660 valence electrons. The Morgan fingerprint density at radius 3 is 1.72 bits per heavy atom. The number of benzene rings is 4. The van der Waals surface area contributed by atoms with E-state index < -0.39 is 108 Å². The van der Waals surface area contributed by atoms with E-state index in [9.17, 15) is 38.7 Å². The van der Waals surface area contributed by atoms with Gasteiger partial charge in [-0.05, 0) is 117 Å². The number of hydrogen-bond donors (Lipinski definition) is 13. The van der Waals surface area contributed by atoms with Crippen LogP contribution in [0.5, 0.6) is 5.75 Å². The molecule has 33 heteroatoms. The van der Waals surface area contributed by atoms with Gasteiger partial charge < -0.3 is 98.1 Å². The number of carbonyl (C=O) groups excluding carboxylic acids is 11. The number of thiol groups is 1. The lowest BCUT2D eigenvalue weighted by Crippen LogP contribution is -2.49. The van der Waals surface area contributed by atoms with Crippen LogP contribution in [0.4, 0.5) is 0 Å². The Morgan fingerprint density at radius 2 is 1.13 bits per heavy atom. The third kappa shape index (κ3) is 43.8. The van der Waals surface area contributed by atoms with E-state index in [4.69, 9.17) is 45.6 Å². The first-order valence-corrected chi connectivity index (χ1v) is 44.4. The number of guanidine groups is 1. The van der Waals surface area contributed by atoms with Crippen molar-refractivity contribution in [2.24, 2.45) is 45.9 Å². The van der Waals surface area contributed by atoms with Crippen LogP contribution in [0.2, 0.25) is 0 Å². The van der Waals surface area contributed by atoms with Gasteiger partial charge in [0.15, 0.2) is 23.3 Å². The number of nitrogens with zero attached hydrogens (tertiary/aromatic N) is 1. The van der Waals surface area contributed by atoms with Gasteiger partial charge in [-0.15, -0.1) is 0 Å². The molecular weight excluding hydrogens is 1590 g/mol. The lowest BCUT2D eigenvalue weighted by molar-refractivity contribution is -0.135. The number of fused-ring (bicyclic) bond motifs is 2. The molecule has 7 unspecified atom stereocenters. The Bertz CT molecular complexity index is 3780. The second-order valence-corrected chi connectivity index (χ2v) is 32.7. The average molecular weight is 1720 g/mol. The van der Waals surface area contributed by atoms with Crippen molar-refractivity contribution in [3.05, 3.63) is 113 Å². The van der Waals surface area contributed by atoms with Crippen LogP contribution in [0.3, 0.4) is 0 Å². The van der Waals surface area contributed by atoms with Crippen molar-refractivity contribution >= 4 is 117 Å². The minimum absolute atomic E-state index is 0.00920. The number of aromatic hydroxyl groups is 1. The monoisotopic (exact) mass is 1710 g/mol. The molecule has 0 aromatic heterocycles. The van der Waals surface area contributed by atoms with Gasteiger partial charge in [-0.3, -0.25) is 52.9 Å². The summed E-state index contributed by atoms with van der Waals surface area (Å²) in [7, 11) is 0. The van der Waals surface area contributed by atoms with E-state index in [-0.39, 0.29) is 163 Å². The molecule has 7 amide bonds. The zero-order valence-electron chi connectivity index (χ0n) is 69.9. The topological polar surface area (TPSA) is 450 Å². The van der Waals surface area contributed by atoms with Crippen LogP contribution in [0.25, 0.3) is 10.8 Å². The number of Topliss-reactive ketones (excluding diaryl/α,β-unsaturated/α-hetero) is 4. The number of thioether (sulfide) groups is 2. The first-order chi connectivity index (χ1) is 57.3. The zero-order valence-corrected chi connectivity index (χ0v) is 72.5. The van der Waals surface area contributed by atoms with E-state index in [2.05, 4.69) is 60.2 Å². The summed E-state index contributed by atoms with van der Waals surface area (Å²) in [5.74, 6) is -8.43. The summed E-state index contributed by atoms with van der Waals surface area (Å²) in [4.78, 5) is 159. The maximum atomic E-state index is 15.2. The smallest absolute Gasteiger partial charge is 0.240 e. The minimum atomic E-state index is -1.23. The van der Waals surface area contributed by atoms with Crippen LogP contribution < -0.4 is 59.7 Å². The predicted octanol–water partition coefficient (Wildman–Crippen LogP) is 5.30. The van der Waals surface area contributed by atoms with Crippen LogP contribution in [0.1, 0.15) is 140 Å². The minimum Gasteiger partial charge on any atom is -0.508 e. The molecule has 0 saturated carbocycles. The molecule has 0 radical (unpaired) electrons. The van der Waals surface area contributed by atoms with Crippen molar-refractivity contribution in [2.45, 2.75) is 179 Å². The highest BCUT2D eigenvalue weighted by molar-refractivity contribution is 7.98. The summed E-state index contributed by atoms with van der Waals surface area (Å²) in [6, 6.07) is 23.3. The number of hydrogen-bond acceptors (Lipinski definition) is 24. The van der Waals surface area contributed by atoms with E-state index in [0.717, 1.165) is 28.3 Å². The number of rotatable bonds is 50. The molecule has 0 fully saturated rings. The molecule has 0 bridgehead atoms. The van der Waals surface area contributed by atoms with Crippen LogP contribution >= 0.6 is 36.2 Å². The number of nitrogens with one attached hydrogen (secondary N) is 8. The van der Waals surface area contributed by atoms with Gasteiger partial charge in [0.25, 0.3) is 0 Å². The van der Waals surface area contributed by atoms with Crippen molar-refractivity contribution in [2.75, 3.05) is 129 Å². The highest BCUT2D eigenvalue weighted by atomic mass is 32.2. The normalized spacial score (nSPS) is 18.4. The van der Waals surface area contributed by atoms with Gasteiger partial charge in [0.2, 0.25) is 41.4 Å². The summed E-state index contributed by atoms with van der Waals surface area (Å²) >= 11 is 6.81. The van der Waals surface area contributed by atoms with Crippen molar-refractivity contribution in [1.82, 2.24) is 42.5 Å². The van der Waals surface area contributed by atoms with Crippen molar-refractivity contribution < 1.29 is 86.3 Å². The number of ketones is 4. The maximum absolute atomic E-state index is 15.2. The molecule has 1 aliphatic heterocycles. The molecule has 0 aliphatic carbocycles. The maximum Gasteiger partial charge on any atom is 0.240 e. The van der Waals surface area contributed by atoms with Crippen LogP contribution in [0.15, 0.2) is 96.0 Å². The number of unbranched alkanes of at least 4 members (excludes halogenated alkanes) is 2. The molecule has 4 aromatic rings. The highest BCUT2D eigenvalue weighted by Crippen LogP contribution is 2.28. The van der Waals surface area contributed by atoms with E-state index >= 15 is 19.2 Å². The van der Waals surface area contributed by atoms with Crippen LogP contribution in [0, 0.1) is 23.7 Å². The van der Waals surface area contributed by atoms with Gasteiger partial charge in [0, 0.05) is 104 Å². The van der Waals surface area contributed by atoms with Crippen LogP contribution in [-0.2, 0) is 106 Å². The molecule has 0 saturated heterocycles. The summed E-state index contributed by atoms with van der Waals surface area (Å²) in [6.45, 7) is 13.9. The lowest BCUT2D eigenvalue weighted by Gasteiger charge is -2.26. The van der Waals surface area contributed by atoms with Gasteiger partial charge >= 0.3 is 0 Å². The van der Waals surface area contributed by atoms with Gasteiger partial charge in [-0.25, -0.2) is 0 Å².